The maximum Gasteiger partial charge on any atom is 0.0784 e. The molecule has 0 unspecified atom stereocenters. The zero-order chi connectivity index (χ0) is 12.1. The first-order chi connectivity index (χ1) is 8.31. The van der Waals surface area contributed by atoms with E-state index in [1.807, 2.05) is 37.4 Å². The molecule has 0 amide bonds. The number of hydrogen-bond donors (Lipinski definition) is 0. The van der Waals surface area contributed by atoms with E-state index in [1.165, 1.54) is 0 Å². The molecule has 0 N–H and O–H groups in total. The summed E-state index contributed by atoms with van der Waals surface area (Å²) in [6.45, 7) is 0. The quantitative estimate of drug-likeness (QED) is 0.690. The van der Waals surface area contributed by atoms with Crippen LogP contribution in [-0.4, -0.2) is 9.78 Å². The Balaban J connectivity index is 2.32. The van der Waals surface area contributed by atoms with Crippen molar-refractivity contribution in [3.63, 3.8) is 0 Å². The van der Waals surface area contributed by atoms with Crippen LogP contribution in [0.2, 0.25) is 0 Å². The Morgan fingerprint density at radius 1 is 1.24 bits per heavy atom. The molecule has 3 nitrogen and oxygen atoms in total. The van der Waals surface area contributed by atoms with Gasteiger partial charge >= 0.3 is 0 Å². The molecular formula is C14H11N3. The standard InChI is InChI=1S/C14H11N3/c1-17-14(9-10-15)13(11-16-17)8-7-12-5-3-2-4-6-12/h2-6,11H,9H2,1H3. The van der Waals surface area contributed by atoms with Crippen molar-refractivity contribution in [3.05, 3.63) is 53.3 Å². The summed E-state index contributed by atoms with van der Waals surface area (Å²) >= 11 is 0. The highest BCUT2D eigenvalue weighted by atomic mass is 15.3. The zero-order valence-corrected chi connectivity index (χ0v) is 9.51. The SMILES string of the molecule is Cn1ncc(C#Cc2ccccc2)c1CC#N. The molecule has 2 rings (SSSR count). The lowest BCUT2D eigenvalue weighted by Crippen LogP contribution is -1.98. The third-order valence-corrected chi connectivity index (χ3v) is 2.42. The van der Waals surface area contributed by atoms with Crippen molar-refractivity contribution in [1.82, 2.24) is 9.78 Å². The van der Waals surface area contributed by atoms with Crippen molar-refractivity contribution in [2.75, 3.05) is 0 Å². The minimum Gasteiger partial charge on any atom is -0.270 e. The molecule has 0 aliphatic rings. The molecule has 0 saturated heterocycles. The molecule has 0 radical (unpaired) electrons. The van der Waals surface area contributed by atoms with E-state index in [9.17, 15) is 0 Å². The second-order valence-corrected chi connectivity index (χ2v) is 3.58. The minimum absolute atomic E-state index is 0.329. The van der Waals surface area contributed by atoms with Crippen LogP contribution in [0.5, 0.6) is 0 Å². The van der Waals surface area contributed by atoms with Crippen LogP contribution in [-0.2, 0) is 13.5 Å². The van der Waals surface area contributed by atoms with E-state index in [0.717, 1.165) is 16.8 Å². The van der Waals surface area contributed by atoms with Gasteiger partial charge in [-0.3, -0.25) is 4.68 Å². The average molecular weight is 221 g/mol. The van der Waals surface area contributed by atoms with Crippen LogP contribution < -0.4 is 0 Å². The summed E-state index contributed by atoms with van der Waals surface area (Å²) in [5.41, 5.74) is 2.63. The van der Waals surface area contributed by atoms with Gasteiger partial charge < -0.3 is 0 Å². The van der Waals surface area contributed by atoms with E-state index < -0.39 is 0 Å². The molecule has 1 aromatic carbocycles. The monoisotopic (exact) mass is 221 g/mol. The van der Waals surface area contributed by atoms with Gasteiger partial charge in [0, 0.05) is 12.6 Å². The maximum absolute atomic E-state index is 8.73. The van der Waals surface area contributed by atoms with Crippen molar-refractivity contribution in [2.24, 2.45) is 7.05 Å². The summed E-state index contributed by atoms with van der Waals surface area (Å²) in [4.78, 5) is 0. The summed E-state index contributed by atoms with van der Waals surface area (Å²) in [6, 6.07) is 11.9. The predicted molar refractivity (Wildman–Crippen MR) is 64.9 cm³/mol. The minimum atomic E-state index is 0.329. The van der Waals surface area contributed by atoms with Gasteiger partial charge in [-0.2, -0.15) is 10.4 Å². The number of rotatable bonds is 1. The summed E-state index contributed by atoms with van der Waals surface area (Å²) in [6.07, 6.45) is 2.03. The molecule has 0 saturated carbocycles. The summed E-state index contributed by atoms with van der Waals surface area (Å²) < 4.78 is 1.69. The molecule has 1 heterocycles. The number of nitriles is 1. The van der Waals surface area contributed by atoms with Crippen LogP contribution in [0.4, 0.5) is 0 Å². The van der Waals surface area contributed by atoms with Crippen LogP contribution in [0.25, 0.3) is 0 Å². The molecule has 1 aromatic heterocycles. The summed E-state index contributed by atoms with van der Waals surface area (Å²) in [5, 5.41) is 12.8. The lowest BCUT2D eigenvalue weighted by Gasteiger charge is -1.95. The first-order valence-electron chi connectivity index (χ1n) is 5.26. The second kappa shape index (κ2) is 5.01. The van der Waals surface area contributed by atoms with Crippen LogP contribution in [0.3, 0.4) is 0 Å². The van der Waals surface area contributed by atoms with E-state index in [1.54, 1.807) is 10.9 Å². The first-order valence-corrected chi connectivity index (χ1v) is 5.26. The number of aromatic nitrogens is 2. The summed E-state index contributed by atoms with van der Waals surface area (Å²) in [7, 11) is 1.82. The average Bonchev–Trinajstić information content (AvgIpc) is 2.70. The normalized spacial score (nSPS) is 9.18. The van der Waals surface area contributed by atoms with E-state index >= 15 is 0 Å². The van der Waals surface area contributed by atoms with Crippen LogP contribution in [0, 0.1) is 23.2 Å². The van der Waals surface area contributed by atoms with Crippen molar-refractivity contribution in [2.45, 2.75) is 6.42 Å². The molecule has 3 heteroatoms. The number of hydrogen-bond acceptors (Lipinski definition) is 2. The van der Waals surface area contributed by atoms with E-state index in [0.29, 0.717) is 6.42 Å². The van der Waals surface area contributed by atoms with Crippen LogP contribution in [0.1, 0.15) is 16.8 Å². The van der Waals surface area contributed by atoms with Gasteiger partial charge in [0.25, 0.3) is 0 Å². The maximum atomic E-state index is 8.73. The van der Waals surface area contributed by atoms with Gasteiger partial charge in [0.05, 0.1) is 29.9 Å². The Bertz CT molecular complexity index is 606. The van der Waals surface area contributed by atoms with E-state index in [-0.39, 0.29) is 0 Å². The van der Waals surface area contributed by atoms with Gasteiger partial charge in [-0.15, -0.1) is 0 Å². The largest absolute Gasteiger partial charge is 0.270 e. The molecule has 0 atom stereocenters. The molecule has 0 spiro atoms. The molecule has 0 bridgehead atoms. The lowest BCUT2D eigenvalue weighted by atomic mass is 10.2. The second-order valence-electron chi connectivity index (χ2n) is 3.58. The Morgan fingerprint density at radius 3 is 2.71 bits per heavy atom. The number of nitrogens with zero attached hydrogens (tertiary/aromatic N) is 3. The lowest BCUT2D eigenvalue weighted by molar-refractivity contribution is 0.728. The van der Waals surface area contributed by atoms with Crippen molar-refractivity contribution in [3.8, 4) is 17.9 Å². The Labute approximate surface area is 100 Å². The first kappa shape index (κ1) is 11.0. The molecule has 0 aliphatic heterocycles. The molecule has 17 heavy (non-hydrogen) atoms. The molecule has 82 valence electrons. The smallest absolute Gasteiger partial charge is 0.0784 e. The highest BCUT2D eigenvalue weighted by Crippen LogP contribution is 2.06. The Morgan fingerprint density at radius 2 is 2.00 bits per heavy atom. The molecular weight excluding hydrogens is 210 g/mol. The predicted octanol–water partition coefficient (Wildman–Crippen LogP) is 1.89. The fraction of sp³-hybridized carbons (Fsp3) is 0.143. The highest BCUT2D eigenvalue weighted by molar-refractivity contribution is 5.44. The number of benzene rings is 1. The third kappa shape index (κ3) is 2.53. The molecule has 0 fully saturated rings. The van der Waals surface area contributed by atoms with E-state index in [4.69, 9.17) is 5.26 Å². The third-order valence-electron chi connectivity index (χ3n) is 2.42. The number of aryl methyl sites for hydroxylation is 1. The van der Waals surface area contributed by atoms with Crippen molar-refractivity contribution in [1.29, 1.82) is 5.26 Å². The Hall–Kier alpha value is -2.52. The van der Waals surface area contributed by atoms with E-state index in [2.05, 4.69) is 23.0 Å². The fourth-order valence-electron chi connectivity index (χ4n) is 1.51. The van der Waals surface area contributed by atoms with Gasteiger partial charge in [-0.05, 0) is 12.1 Å². The Kier molecular flexibility index (Phi) is 3.23. The van der Waals surface area contributed by atoms with Gasteiger partial charge in [-0.1, -0.05) is 30.0 Å². The van der Waals surface area contributed by atoms with Gasteiger partial charge in [0.1, 0.15) is 0 Å². The zero-order valence-electron chi connectivity index (χ0n) is 9.51. The summed E-state index contributed by atoms with van der Waals surface area (Å²) in [5.74, 6) is 6.11. The highest BCUT2D eigenvalue weighted by Gasteiger charge is 2.04. The van der Waals surface area contributed by atoms with Crippen LogP contribution in [0.15, 0.2) is 36.5 Å². The van der Waals surface area contributed by atoms with Crippen molar-refractivity contribution < 1.29 is 0 Å². The van der Waals surface area contributed by atoms with Crippen molar-refractivity contribution >= 4 is 0 Å². The van der Waals surface area contributed by atoms with Crippen LogP contribution >= 0.6 is 0 Å². The van der Waals surface area contributed by atoms with Gasteiger partial charge in [0.2, 0.25) is 0 Å². The van der Waals surface area contributed by atoms with Gasteiger partial charge in [0.15, 0.2) is 0 Å². The van der Waals surface area contributed by atoms with Gasteiger partial charge in [-0.25, -0.2) is 0 Å². The molecule has 2 aromatic rings. The fourth-order valence-corrected chi connectivity index (χ4v) is 1.51. The molecule has 0 aliphatic carbocycles. The topological polar surface area (TPSA) is 41.6 Å².